The molecule has 0 aliphatic heterocycles. The predicted octanol–water partition coefficient (Wildman–Crippen LogP) is 17.6. The van der Waals surface area contributed by atoms with E-state index in [9.17, 15) is 0 Å². The van der Waals surface area contributed by atoms with Crippen LogP contribution in [0.1, 0.15) is 29.7 Å². The minimum absolute atomic E-state index is 0.215. The van der Waals surface area contributed by atoms with Crippen molar-refractivity contribution < 1.29 is 0 Å². The van der Waals surface area contributed by atoms with Gasteiger partial charge in [0.2, 0.25) is 0 Å². The molecule has 3 nitrogen and oxygen atoms in total. The summed E-state index contributed by atoms with van der Waals surface area (Å²) in [4.78, 5) is 10.3. The van der Waals surface area contributed by atoms with Crippen LogP contribution in [-0.4, -0.2) is 11.7 Å². The minimum atomic E-state index is -0.215. The summed E-state index contributed by atoms with van der Waals surface area (Å²) < 4.78 is 2.66. The van der Waals surface area contributed by atoms with Gasteiger partial charge in [-0.05, 0) is 102 Å². The van der Waals surface area contributed by atoms with Gasteiger partial charge in [0.1, 0.15) is 5.84 Å². The summed E-state index contributed by atoms with van der Waals surface area (Å²) in [6, 6.07) is 88.3. The van der Waals surface area contributed by atoms with Gasteiger partial charge in [0.05, 0.1) is 6.04 Å². The van der Waals surface area contributed by atoms with E-state index in [-0.39, 0.29) is 6.04 Å². The first-order valence-electron chi connectivity index (χ1n) is 23.8. The van der Waals surface area contributed by atoms with Gasteiger partial charge in [0.15, 0.2) is 5.84 Å². The van der Waals surface area contributed by atoms with Crippen molar-refractivity contribution in [3.8, 4) is 55.6 Å². The van der Waals surface area contributed by atoms with Gasteiger partial charge in [-0.1, -0.05) is 231 Å². The van der Waals surface area contributed by atoms with E-state index < -0.39 is 0 Å². The number of rotatable bonds is 9. The first kappa shape index (κ1) is 42.6. The van der Waals surface area contributed by atoms with Gasteiger partial charge in [0, 0.05) is 36.7 Å². The standard InChI is InChI=1S/C66H47N3S/c1-43(68-66(49-38-34-47(35-39-49)45-18-6-3-7-19-45)69-65(67)48-36-32-46(33-37-48)44-16-4-2-5-17-44)50-20-12-21-51(40-50)52-22-13-23-53(41-52)54-24-14-25-55(42-54)56-30-15-31-61-62-59-28-10-8-26-57(59)58-27-9-11-29-60(58)64(62)70-63(56)61/h2-43H,1H3,(H2,67,68,69). The normalized spacial score (nSPS) is 12.5. The van der Waals surface area contributed by atoms with E-state index in [1.807, 2.05) is 35.6 Å². The molecule has 0 bridgehead atoms. The molecule has 0 saturated heterocycles. The van der Waals surface area contributed by atoms with Crippen LogP contribution in [0, 0.1) is 0 Å². The average Bonchev–Trinajstić information content (AvgIpc) is 3.84. The third kappa shape index (κ3) is 8.15. The fourth-order valence-electron chi connectivity index (χ4n) is 9.89. The predicted molar refractivity (Wildman–Crippen MR) is 300 cm³/mol. The van der Waals surface area contributed by atoms with E-state index in [2.05, 4.69) is 231 Å². The molecule has 11 aromatic carbocycles. The average molecular weight is 914 g/mol. The number of amidine groups is 2. The van der Waals surface area contributed by atoms with E-state index in [0.29, 0.717) is 11.7 Å². The number of aliphatic imine (C=N–C) groups is 2. The van der Waals surface area contributed by atoms with Gasteiger partial charge in [0.25, 0.3) is 0 Å². The van der Waals surface area contributed by atoms with Gasteiger partial charge in [-0.15, -0.1) is 11.3 Å². The summed E-state index contributed by atoms with van der Waals surface area (Å²) in [5, 5.41) is 7.88. The molecule has 12 aromatic rings. The highest BCUT2D eigenvalue weighted by Crippen LogP contribution is 2.47. The number of benzene rings is 11. The van der Waals surface area contributed by atoms with Crippen LogP contribution in [0.2, 0.25) is 0 Å². The second kappa shape index (κ2) is 18.4. The second-order valence-corrected chi connectivity index (χ2v) is 18.9. The molecule has 1 heterocycles. The number of fused-ring (bicyclic) bond motifs is 8. The van der Waals surface area contributed by atoms with Crippen LogP contribution in [0.15, 0.2) is 259 Å². The molecule has 0 spiro atoms. The molecule has 4 heteroatoms. The van der Waals surface area contributed by atoms with Gasteiger partial charge in [-0.2, -0.15) is 0 Å². The zero-order chi connectivity index (χ0) is 47.0. The van der Waals surface area contributed by atoms with E-state index >= 15 is 0 Å². The molecule has 1 aromatic heterocycles. The van der Waals surface area contributed by atoms with E-state index in [4.69, 9.17) is 15.7 Å². The molecule has 12 rings (SSSR count). The Morgan fingerprint density at radius 3 is 1.44 bits per heavy atom. The zero-order valence-corrected chi connectivity index (χ0v) is 39.4. The molecule has 0 fully saturated rings. The first-order valence-corrected chi connectivity index (χ1v) is 24.6. The van der Waals surface area contributed by atoms with Gasteiger partial charge >= 0.3 is 0 Å². The van der Waals surface area contributed by atoms with Crippen LogP contribution >= 0.6 is 11.3 Å². The molecule has 2 N–H and O–H groups in total. The number of nitrogens with two attached hydrogens (primary N) is 1. The maximum Gasteiger partial charge on any atom is 0.157 e. The molecule has 0 amide bonds. The molecular weight excluding hydrogens is 867 g/mol. The van der Waals surface area contributed by atoms with Crippen LogP contribution in [0.25, 0.3) is 97.4 Å². The fraction of sp³-hybridized carbons (Fsp3) is 0.0303. The summed E-state index contributed by atoms with van der Waals surface area (Å²) >= 11 is 1.91. The summed E-state index contributed by atoms with van der Waals surface area (Å²) in [7, 11) is 0. The molecule has 0 aliphatic rings. The van der Waals surface area contributed by atoms with Crippen molar-refractivity contribution in [3.63, 3.8) is 0 Å². The topological polar surface area (TPSA) is 50.7 Å². The lowest BCUT2D eigenvalue weighted by Crippen LogP contribution is -2.16. The minimum Gasteiger partial charge on any atom is -0.383 e. The first-order chi connectivity index (χ1) is 34.5. The van der Waals surface area contributed by atoms with E-state index in [1.54, 1.807) is 0 Å². The Morgan fingerprint density at radius 1 is 0.371 bits per heavy atom. The SMILES string of the molecule is CC(N=C(N=C(N)c1ccc(-c2ccccc2)cc1)c1ccc(-c2ccccc2)cc1)c1cccc(-c2cccc(-c3cccc(-c4cccc5c4sc4c6ccccc6c6ccccc6c54)c3)c2)c1. The second-order valence-electron chi connectivity index (χ2n) is 17.9. The van der Waals surface area contributed by atoms with E-state index in [1.165, 1.54) is 64.0 Å². The monoisotopic (exact) mass is 913 g/mol. The highest BCUT2D eigenvalue weighted by molar-refractivity contribution is 7.27. The Bertz CT molecular complexity index is 3940. The van der Waals surface area contributed by atoms with Crippen LogP contribution in [0.4, 0.5) is 0 Å². The fourth-order valence-corrected chi connectivity index (χ4v) is 11.3. The Hall–Kier alpha value is -8.70. The van der Waals surface area contributed by atoms with Crippen molar-refractivity contribution in [2.75, 3.05) is 0 Å². The van der Waals surface area contributed by atoms with Crippen molar-refractivity contribution in [3.05, 3.63) is 265 Å². The highest BCUT2D eigenvalue weighted by Gasteiger charge is 2.18. The Labute approximate surface area is 412 Å². The van der Waals surface area contributed by atoms with E-state index in [0.717, 1.165) is 50.1 Å². The summed E-state index contributed by atoms with van der Waals surface area (Å²) in [6.45, 7) is 2.13. The lowest BCUT2D eigenvalue weighted by molar-refractivity contribution is 0.819. The molecule has 0 radical (unpaired) electrons. The molecular formula is C66H47N3S. The van der Waals surface area contributed by atoms with Gasteiger partial charge in [-0.3, -0.25) is 4.99 Å². The van der Waals surface area contributed by atoms with Crippen molar-refractivity contribution in [2.24, 2.45) is 15.7 Å². The maximum absolute atomic E-state index is 6.81. The number of hydrogen-bond acceptors (Lipinski definition) is 2. The Balaban J connectivity index is 0.868. The van der Waals surface area contributed by atoms with Crippen LogP contribution in [0.3, 0.4) is 0 Å². The summed E-state index contributed by atoms with van der Waals surface area (Å²) in [5.41, 5.74) is 21.3. The molecule has 1 unspecified atom stereocenters. The third-order valence-electron chi connectivity index (χ3n) is 13.5. The van der Waals surface area contributed by atoms with Crippen molar-refractivity contribution in [1.29, 1.82) is 0 Å². The van der Waals surface area contributed by atoms with Crippen molar-refractivity contribution in [1.82, 2.24) is 0 Å². The summed E-state index contributed by atoms with van der Waals surface area (Å²) in [5.74, 6) is 0.993. The molecule has 0 aliphatic carbocycles. The Morgan fingerprint density at radius 2 is 0.814 bits per heavy atom. The zero-order valence-electron chi connectivity index (χ0n) is 38.6. The van der Waals surface area contributed by atoms with Gasteiger partial charge < -0.3 is 5.73 Å². The van der Waals surface area contributed by atoms with Crippen LogP contribution in [0.5, 0.6) is 0 Å². The quantitative estimate of drug-likeness (QED) is 0.0875. The summed E-state index contributed by atoms with van der Waals surface area (Å²) in [6.07, 6.45) is 0. The van der Waals surface area contributed by atoms with Crippen LogP contribution < -0.4 is 5.73 Å². The number of hydrogen-bond donors (Lipinski definition) is 1. The third-order valence-corrected chi connectivity index (χ3v) is 14.8. The molecule has 0 saturated carbocycles. The number of nitrogens with zero attached hydrogens (tertiary/aromatic N) is 2. The van der Waals surface area contributed by atoms with Crippen LogP contribution in [-0.2, 0) is 0 Å². The lowest BCUT2D eigenvalue weighted by Gasteiger charge is -2.13. The van der Waals surface area contributed by atoms with Crippen molar-refractivity contribution in [2.45, 2.75) is 13.0 Å². The number of thiophene rings is 1. The molecule has 70 heavy (non-hydrogen) atoms. The lowest BCUT2D eigenvalue weighted by atomic mass is 9.94. The Kier molecular flexibility index (Phi) is 11.2. The largest absolute Gasteiger partial charge is 0.383 e. The van der Waals surface area contributed by atoms with Gasteiger partial charge in [-0.25, -0.2) is 4.99 Å². The highest BCUT2D eigenvalue weighted by atomic mass is 32.1. The maximum atomic E-state index is 6.81. The molecule has 1 atom stereocenters. The smallest absolute Gasteiger partial charge is 0.157 e. The van der Waals surface area contributed by atoms with Crippen molar-refractivity contribution >= 4 is 64.7 Å². The molecule has 332 valence electrons.